The first-order valence-electron chi connectivity index (χ1n) is 4.18. The van der Waals surface area contributed by atoms with E-state index < -0.39 is 41.5 Å². The molecule has 4 nitrogen and oxygen atoms in total. The van der Waals surface area contributed by atoms with Crippen LogP contribution in [0.3, 0.4) is 0 Å². The Hall–Kier alpha value is -2.07. The van der Waals surface area contributed by atoms with Crippen LogP contribution in [-0.4, -0.2) is 22.4 Å². The van der Waals surface area contributed by atoms with Gasteiger partial charge in [0.15, 0.2) is 5.69 Å². The Kier molecular flexibility index (Phi) is 3.59. The summed E-state index contributed by atoms with van der Waals surface area (Å²) in [6.45, 7) is 0. The molecular weight excluding hydrogens is 291 g/mol. The van der Waals surface area contributed by atoms with E-state index >= 15 is 0 Å². The summed E-state index contributed by atoms with van der Waals surface area (Å²) in [5.74, 6) is -6.23. The number of nitrogens with zero attached hydrogens (tertiary/aromatic N) is 1. The van der Waals surface area contributed by atoms with Gasteiger partial charge in [0.2, 0.25) is 5.95 Å². The molecule has 0 aromatic carbocycles. The smallest absolute Gasteiger partial charge is 0.476 e. The van der Waals surface area contributed by atoms with E-state index in [0.29, 0.717) is 0 Å². The van der Waals surface area contributed by atoms with Crippen molar-refractivity contribution in [3.63, 3.8) is 0 Å². The van der Waals surface area contributed by atoms with E-state index in [1.165, 1.54) is 0 Å². The van der Waals surface area contributed by atoms with Gasteiger partial charge in [-0.25, -0.2) is 9.78 Å². The Balaban J connectivity index is 3.56. The first-order chi connectivity index (χ1) is 8.42. The highest BCUT2D eigenvalue weighted by Gasteiger charge is 2.44. The standard InChI is InChI=1S/C8H2F7NO3/c9-3-1-2(19-8(13,14)15)4(7(10,11)12)5(16-3)6(17)18/h1H,(H,17,18). The highest BCUT2D eigenvalue weighted by Crippen LogP contribution is 2.40. The lowest BCUT2D eigenvalue weighted by atomic mass is 10.1. The van der Waals surface area contributed by atoms with E-state index in [9.17, 15) is 35.5 Å². The van der Waals surface area contributed by atoms with Crippen molar-refractivity contribution in [2.24, 2.45) is 0 Å². The van der Waals surface area contributed by atoms with E-state index in [1.807, 2.05) is 0 Å². The van der Waals surface area contributed by atoms with Crippen LogP contribution >= 0.6 is 0 Å². The molecule has 0 fully saturated rings. The van der Waals surface area contributed by atoms with Gasteiger partial charge in [0.05, 0.1) is 0 Å². The number of rotatable bonds is 2. The van der Waals surface area contributed by atoms with Crippen molar-refractivity contribution >= 4 is 5.97 Å². The van der Waals surface area contributed by atoms with Crippen molar-refractivity contribution in [1.29, 1.82) is 0 Å². The first kappa shape index (κ1) is 15.0. The van der Waals surface area contributed by atoms with Crippen molar-refractivity contribution in [2.45, 2.75) is 12.5 Å². The topological polar surface area (TPSA) is 59.4 Å². The molecule has 0 aliphatic rings. The first-order valence-corrected chi connectivity index (χ1v) is 4.18. The molecular formula is C8H2F7NO3. The summed E-state index contributed by atoms with van der Waals surface area (Å²) in [4.78, 5) is 12.9. The van der Waals surface area contributed by atoms with Gasteiger partial charge in [-0.15, -0.1) is 13.2 Å². The van der Waals surface area contributed by atoms with Gasteiger partial charge in [0, 0.05) is 6.07 Å². The summed E-state index contributed by atoms with van der Waals surface area (Å²) in [6.07, 6.45) is -11.1. The van der Waals surface area contributed by atoms with Crippen LogP contribution in [-0.2, 0) is 6.18 Å². The number of pyridine rings is 1. The van der Waals surface area contributed by atoms with Crippen LogP contribution in [0.1, 0.15) is 16.1 Å². The van der Waals surface area contributed by atoms with Crippen molar-refractivity contribution < 1.29 is 45.4 Å². The molecule has 0 saturated heterocycles. The molecule has 0 bridgehead atoms. The molecule has 0 atom stereocenters. The Morgan fingerprint density at radius 3 is 2.11 bits per heavy atom. The number of aromatic nitrogens is 1. The molecule has 1 aromatic heterocycles. The number of carbonyl (C=O) groups is 1. The summed E-state index contributed by atoms with van der Waals surface area (Å²) >= 11 is 0. The summed E-state index contributed by atoms with van der Waals surface area (Å²) in [7, 11) is 0. The second kappa shape index (κ2) is 4.55. The third kappa shape index (κ3) is 3.69. The molecule has 0 aliphatic heterocycles. The second-order valence-electron chi connectivity index (χ2n) is 3.02. The normalized spacial score (nSPS) is 12.4. The molecule has 1 heterocycles. The lowest BCUT2D eigenvalue weighted by Crippen LogP contribution is -2.23. The fourth-order valence-corrected chi connectivity index (χ4v) is 1.13. The van der Waals surface area contributed by atoms with E-state index in [1.54, 1.807) is 0 Å². The van der Waals surface area contributed by atoms with Gasteiger partial charge >= 0.3 is 18.5 Å². The van der Waals surface area contributed by atoms with Gasteiger partial charge in [-0.05, 0) is 0 Å². The molecule has 1 N–H and O–H groups in total. The largest absolute Gasteiger partial charge is 0.573 e. The van der Waals surface area contributed by atoms with E-state index in [-0.39, 0.29) is 6.07 Å². The Morgan fingerprint density at radius 2 is 1.74 bits per heavy atom. The van der Waals surface area contributed by atoms with Gasteiger partial charge in [0.25, 0.3) is 0 Å². The van der Waals surface area contributed by atoms with Crippen LogP contribution < -0.4 is 4.74 Å². The van der Waals surface area contributed by atoms with Gasteiger partial charge in [-0.1, -0.05) is 0 Å². The third-order valence-electron chi connectivity index (χ3n) is 1.66. The number of carboxylic acids is 1. The van der Waals surface area contributed by atoms with Crippen LogP contribution in [0.15, 0.2) is 6.07 Å². The predicted octanol–water partition coefficient (Wildman–Crippen LogP) is 2.84. The number of hydrogen-bond donors (Lipinski definition) is 1. The minimum absolute atomic E-state index is 0.303. The van der Waals surface area contributed by atoms with Crippen LogP contribution in [0.5, 0.6) is 5.75 Å². The fraction of sp³-hybridized carbons (Fsp3) is 0.250. The van der Waals surface area contributed by atoms with Crippen molar-refractivity contribution in [1.82, 2.24) is 4.98 Å². The van der Waals surface area contributed by atoms with E-state index in [2.05, 4.69) is 9.72 Å². The summed E-state index contributed by atoms with van der Waals surface area (Å²) in [5, 5.41) is 8.41. The van der Waals surface area contributed by atoms with E-state index in [0.717, 1.165) is 0 Å². The van der Waals surface area contributed by atoms with Crippen LogP contribution in [0, 0.1) is 5.95 Å². The summed E-state index contributed by atoms with van der Waals surface area (Å²) < 4.78 is 88.9. The number of aromatic carboxylic acids is 1. The maximum atomic E-state index is 12.7. The van der Waals surface area contributed by atoms with E-state index in [4.69, 9.17) is 5.11 Å². The fourth-order valence-electron chi connectivity index (χ4n) is 1.13. The second-order valence-corrected chi connectivity index (χ2v) is 3.02. The summed E-state index contributed by atoms with van der Waals surface area (Å²) in [6, 6.07) is -0.303. The van der Waals surface area contributed by atoms with Crippen LogP contribution in [0.25, 0.3) is 0 Å². The Morgan fingerprint density at radius 1 is 1.21 bits per heavy atom. The molecule has 1 rings (SSSR count). The average Bonchev–Trinajstić information content (AvgIpc) is 2.10. The SMILES string of the molecule is O=C(O)c1nc(F)cc(OC(F)(F)F)c1C(F)(F)F. The highest BCUT2D eigenvalue weighted by molar-refractivity contribution is 5.88. The number of ether oxygens (including phenoxy) is 1. The minimum atomic E-state index is -5.55. The molecule has 1 aromatic rings. The zero-order valence-corrected chi connectivity index (χ0v) is 8.43. The number of carboxylic acid groups (broad SMARTS) is 1. The summed E-state index contributed by atoms with van der Waals surface area (Å²) in [5.41, 5.74) is -4.24. The molecule has 0 saturated carbocycles. The van der Waals surface area contributed by atoms with Crippen molar-refractivity contribution in [3.05, 3.63) is 23.3 Å². The number of hydrogen-bond acceptors (Lipinski definition) is 3. The molecule has 19 heavy (non-hydrogen) atoms. The molecule has 0 unspecified atom stereocenters. The minimum Gasteiger partial charge on any atom is -0.476 e. The number of halogens is 7. The maximum absolute atomic E-state index is 12.7. The van der Waals surface area contributed by atoms with Gasteiger partial charge in [-0.3, -0.25) is 0 Å². The lowest BCUT2D eigenvalue weighted by Gasteiger charge is -2.16. The van der Waals surface area contributed by atoms with Crippen molar-refractivity contribution in [3.8, 4) is 5.75 Å². The third-order valence-corrected chi connectivity index (χ3v) is 1.66. The molecule has 0 radical (unpaired) electrons. The average molecular weight is 293 g/mol. The Labute approximate surface area is 99.0 Å². The maximum Gasteiger partial charge on any atom is 0.573 e. The van der Waals surface area contributed by atoms with Crippen molar-refractivity contribution in [2.75, 3.05) is 0 Å². The monoisotopic (exact) mass is 293 g/mol. The zero-order chi connectivity index (χ0) is 15.0. The molecule has 106 valence electrons. The molecule has 0 aliphatic carbocycles. The quantitative estimate of drug-likeness (QED) is 0.673. The molecule has 0 spiro atoms. The predicted molar refractivity (Wildman–Crippen MR) is 42.8 cm³/mol. The zero-order valence-electron chi connectivity index (χ0n) is 8.43. The van der Waals surface area contributed by atoms with Gasteiger partial charge in [-0.2, -0.15) is 17.6 Å². The highest BCUT2D eigenvalue weighted by atomic mass is 19.4. The number of alkyl halides is 6. The van der Waals surface area contributed by atoms with Crippen LogP contribution in [0.2, 0.25) is 0 Å². The molecule has 0 amide bonds. The van der Waals surface area contributed by atoms with Crippen LogP contribution in [0.4, 0.5) is 30.7 Å². The Bertz CT molecular complexity index is 508. The molecule has 11 heteroatoms. The van der Waals surface area contributed by atoms with Gasteiger partial charge in [0.1, 0.15) is 11.3 Å². The lowest BCUT2D eigenvalue weighted by molar-refractivity contribution is -0.276. The van der Waals surface area contributed by atoms with Gasteiger partial charge < -0.3 is 9.84 Å².